The first kappa shape index (κ1) is 20.3. The average Bonchev–Trinajstić information content (AvgIpc) is 3.18. The van der Waals surface area contributed by atoms with Crippen molar-refractivity contribution >= 4 is 23.7 Å². The predicted octanol–water partition coefficient (Wildman–Crippen LogP) is 4.01. The zero-order valence-corrected chi connectivity index (χ0v) is 16.2. The predicted molar refractivity (Wildman–Crippen MR) is 107 cm³/mol. The fourth-order valence-electron chi connectivity index (χ4n) is 2.37. The van der Waals surface area contributed by atoms with Crippen LogP contribution in [0.15, 0.2) is 54.7 Å². The van der Waals surface area contributed by atoms with Gasteiger partial charge >= 0.3 is 0 Å². The first-order valence-corrected chi connectivity index (χ1v) is 8.63. The molecule has 1 heterocycles. The smallest absolute Gasteiger partial charge is 0.162 e. The third-order valence-corrected chi connectivity index (χ3v) is 3.99. The molecule has 0 bridgehead atoms. The van der Waals surface area contributed by atoms with Gasteiger partial charge in [0.2, 0.25) is 0 Å². The molecule has 7 heteroatoms. The van der Waals surface area contributed by atoms with Crippen LogP contribution in [0.3, 0.4) is 0 Å². The van der Waals surface area contributed by atoms with Gasteiger partial charge in [-0.15, -0.1) is 0 Å². The Morgan fingerprint density at radius 3 is 2.37 bits per heavy atom. The summed E-state index contributed by atoms with van der Waals surface area (Å²) >= 11 is 5.62. The number of hydrogen-bond donors (Lipinski definition) is 1. The van der Waals surface area contributed by atoms with E-state index in [9.17, 15) is 4.79 Å². The number of aldehydes is 1. The topological polar surface area (TPSA) is 65.4 Å². The first-order chi connectivity index (χ1) is 13.1. The van der Waals surface area contributed by atoms with E-state index >= 15 is 0 Å². The molecule has 3 rings (SSSR count). The Balaban J connectivity index is 0.000000223. The molecule has 1 N–H and O–H groups in total. The number of nitrogens with zero attached hydrogens (tertiary/aromatic N) is 2. The summed E-state index contributed by atoms with van der Waals surface area (Å²) < 4.78 is 12.3. The summed E-state index contributed by atoms with van der Waals surface area (Å²) in [6, 6.07) is 14.8. The number of aromatic nitrogens is 2. The van der Waals surface area contributed by atoms with Gasteiger partial charge in [0.1, 0.15) is 12.1 Å². The highest BCUT2D eigenvalue weighted by molar-refractivity contribution is 6.30. The quantitative estimate of drug-likeness (QED) is 0.647. The van der Waals surface area contributed by atoms with Crippen molar-refractivity contribution in [2.75, 3.05) is 26.6 Å². The normalized spacial score (nSPS) is 9.78. The number of nitrogens with one attached hydrogen (secondary N) is 1. The monoisotopic (exact) mass is 387 g/mol. The number of methoxy groups -OCH3 is 2. The number of carbonyl (C=O) groups is 1. The van der Waals surface area contributed by atoms with Crippen LogP contribution in [-0.4, -0.2) is 37.3 Å². The van der Waals surface area contributed by atoms with Gasteiger partial charge in [0, 0.05) is 30.6 Å². The van der Waals surface area contributed by atoms with E-state index in [2.05, 4.69) is 10.4 Å². The molecular weight excluding hydrogens is 366 g/mol. The van der Waals surface area contributed by atoms with Gasteiger partial charge in [-0.25, -0.2) is 4.68 Å². The van der Waals surface area contributed by atoms with E-state index in [4.69, 9.17) is 21.1 Å². The Morgan fingerprint density at radius 2 is 1.78 bits per heavy atom. The van der Waals surface area contributed by atoms with Crippen LogP contribution in [0.2, 0.25) is 5.02 Å². The van der Waals surface area contributed by atoms with E-state index in [1.165, 1.54) is 0 Å². The molecule has 142 valence electrons. The van der Waals surface area contributed by atoms with Crippen molar-refractivity contribution in [2.45, 2.75) is 6.42 Å². The molecule has 0 fully saturated rings. The van der Waals surface area contributed by atoms with Gasteiger partial charge in [-0.05, 0) is 29.8 Å². The highest BCUT2D eigenvalue weighted by Gasteiger charge is 2.08. The van der Waals surface area contributed by atoms with Crippen molar-refractivity contribution in [1.82, 2.24) is 9.78 Å². The molecule has 1 aromatic heterocycles. The number of anilines is 1. The molecule has 0 unspecified atom stereocenters. The van der Waals surface area contributed by atoms with Crippen LogP contribution in [0.5, 0.6) is 11.5 Å². The fourth-order valence-corrected chi connectivity index (χ4v) is 2.50. The Hall–Kier alpha value is -2.99. The number of rotatable bonds is 6. The molecule has 2 aromatic carbocycles. The van der Waals surface area contributed by atoms with Crippen LogP contribution in [-0.2, 0) is 11.2 Å². The Bertz CT molecular complexity index is 863. The Labute approximate surface area is 163 Å². The minimum Gasteiger partial charge on any atom is -0.493 e. The summed E-state index contributed by atoms with van der Waals surface area (Å²) in [5.41, 5.74) is 1.91. The Kier molecular flexibility index (Phi) is 7.70. The number of halogens is 1. The third-order valence-electron chi connectivity index (χ3n) is 3.74. The lowest BCUT2D eigenvalue weighted by atomic mass is 10.2. The van der Waals surface area contributed by atoms with E-state index in [0.29, 0.717) is 22.9 Å². The van der Waals surface area contributed by atoms with E-state index in [1.807, 2.05) is 43.4 Å². The molecule has 0 aliphatic rings. The maximum absolute atomic E-state index is 10.0. The maximum atomic E-state index is 10.0. The highest BCUT2D eigenvalue weighted by atomic mass is 35.5. The molecule has 3 aromatic rings. The molecule has 0 saturated carbocycles. The Morgan fingerprint density at radius 1 is 1.07 bits per heavy atom. The van der Waals surface area contributed by atoms with Crippen molar-refractivity contribution in [1.29, 1.82) is 0 Å². The van der Waals surface area contributed by atoms with Gasteiger partial charge in [-0.2, -0.15) is 5.10 Å². The minimum absolute atomic E-state index is 0.469. The van der Waals surface area contributed by atoms with E-state index in [0.717, 1.165) is 23.4 Å². The third kappa shape index (κ3) is 5.49. The molecule has 27 heavy (non-hydrogen) atoms. The van der Waals surface area contributed by atoms with Crippen LogP contribution in [0.1, 0.15) is 5.56 Å². The van der Waals surface area contributed by atoms with E-state index < -0.39 is 0 Å². The molecular formula is C20H22ClN3O3. The number of carbonyl (C=O) groups excluding carboxylic acids is 1. The lowest BCUT2D eigenvalue weighted by Gasteiger charge is -2.11. The van der Waals surface area contributed by atoms with Gasteiger partial charge in [-0.1, -0.05) is 23.7 Å². The van der Waals surface area contributed by atoms with Gasteiger partial charge in [0.05, 0.1) is 26.1 Å². The molecule has 0 saturated heterocycles. The lowest BCUT2D eigenvalue weighted by molar-refractivity contribution is -0.107. The molecule has 0 spiro atoms. The molecule has 0 aliphatic carbocycles. The van der Waals surface area contributed by atoms with Gasteiger partial charge < -0.3 is 19.6 Å². The number of ether oxygens (including phenoxy) is 2. The zero-order chi connectivity index (χ0) is 19.6. The second kappa shape index (κ2) is 10.2. The average molecular weight is 388 g/mol. The molecule has 6 nitrogen and oxygen atoms in total. The van der Waals surface area contributed by atoms with Gasteiger partial charge in [0.15, 0.2) is 11.5 Å². The highest BCUT2D eigenvalue weighted by Crippen LogP contribution is 2.29. The van der Waals surface area contributed by atoms with Crippen molar-refractivity contribution < 1.29 is 14.3 Å². The van der Waals surface area contributed by atoms with E-state index in [-0.39, 0.29) is 0 Å². The van der Waals surface area contributed by atoms with Crippen LogP contribution >= 0.6 is 11.6 Å². The van der Waals surface area contributed by atoms with Crippen molar-refractivity contribution in [3.8, 4) is 17.2 Å². The van der Waals surface area contributed by atoms with Gasteiger partial charge in [-0.3, -0.25) is 0 Å². The standard InChI is InChI=1S/C12H15N3O2.C8H7ClO/c1-13-12-6-7-14-15(12)9-4-5-10(16-2)11(8-9)17-3;9-8-3-1-7(2-4-8)5-6-10/h4-8,13H,1-3H3;1-4,6H,5H2. The van der Waals surface area contributed by atoms with Crippen LogP contribution in [0.4, 0.5) is 5.82 Å². The summed E-state index contributed by atoms with van der Waals surface area (Å²) in [5.74, 6) is 2.30. The largest absolute Gasteiger partial charge is 0.493 e. The van der Waals surface area contributed by atoms with Gasteiger partial charge in [0.25, 0.3) is 0 Å². The first-order valence-electron chi connectivity index (χ1n) is 8.25. The van der Waals surface area contributed by atoms with Crippen molar-refractivity contribution in [3.05, 3.63) is 65.3 Å². The van der Waals surface area contributed by atoms with Crippen molar-refractivity contribution in [3.63, 3.8) is 0 Å². The zero-order valence-electron chi connectivity index (χ0n) is 15.5. The summed E-state index contributed by atoms with van der Waals surface area (Å²) in [5, 5.41) is 8.02. The molecule has 0 radical (unpaired) electrons. The second-order valence-electron chi connectivity index (χ2n) is 5.41. The summed E-state index contributed by atoms with van der Waals surface area (Å²) in [7, 11) is 5.09. The summed E-state index contributed by atoms with van der Waals surface area (Å²) in [6.45, 7) is 0. The van der Waals surface area contributed by atoms with Crippen molar-refractivity contribution in [2.24, 2.45) is 0 Å². The summed E-state index contributed by atoms with van der Waals surface area (Å²) in [4.78, 5) is 10.0. The summed E-state index contributed by atoms with van der Waals surface area (Å²) in [6.07, 6.45) is 3.09. The number of benzene rings is 2. The number of hydrogen-bond acceptors (Lipinski definition) is 5. The molecule has 0 atom stereocenters. The van der Waals surface area contributed by atoms with Crippen LogP contribution in [0.25, 0.3) is 5.69 Å². The lowest BCUT2D eigenvalue weighted by Crippen LogP contribution is -2.02. The maximum Gasteiger partial charge on any atom is 0.162 e. The minimum atomic E-state index is 0.469. The van der Waals surface area contributed by atoms with E-state index in [1.54, 1.807) is 37.2 Å². The van der Waals surface area contributed by atoms with Crippen LogP contribution < -0.4 is 14.8 Å². The second-order valence-corrected chi connectivity index (χ2v) is 5.85. The molecule has 0 aliphatic heterocycles. The fraction of sp³-hybridized carbons (Fsp3) is 0.200. The molecule has 0 amide bonds. The van der Waals surface area contributed by atoms with Crippen LogP contribution in [0, 0.1) is 0 Å². The SMILES string of the molecule is CNc1ccnn1-c1ccc(OC)c(OC)c1.O=CCc1ccc(Cl)cc1.